The molecule has 106 valence electrons. The van der Waals surface area contributed by atoms with Gasteiger partial charge in [-0.25, -0.2) is 0 Å². The van der Waals surface area contributed by atoms with Crippen molar-refractivity contribution in [2.24, 2.45) is 0 Å². The first-order valence-electron chi connectivity index (χ1n) is 7.26. The van der Waals surface area contributed by atoms with Crippen LogP contribution in [-0.4, -0.2) is 19.8 Å². The number of furan rings is 1. The van der Waals surface area contributed by atoms with Crippen LogP contribution in [0.15, 0.2) is 34.9 Å². The highest BCUT2D eigenvalue weighted by Gasteiger charge is 2.47. The van der Waals surface area contributed by atoms with Crippen LogP contribution in [0.5, 0.6) is 0 Å². The Bertz CT molecular complexity index is 659. The van der Waals surface area contributed by atoms with Gasteiger partial charge in [-0.3, -0.25) is 4.21 Å². The zero-order chi connectivity index (χ0) is 13.7. The molecule has 2 saturated heterocycles. The number of fused-ring (bicyclic) bond motifs is 3. The molecular formula is C16H18O3S. The van der Waals surface area contributed by atoms with Gasteiger partial charge in [-0.1, -0.05) is 24.6 Å². The molecule has 2 aliphatic rings. The second-order valence-corrected chi connectivity index (χ2v) is 8.08. The first-order chi connectivity index (χ1) is 9.67. The minimum atomic E-state index is -0.879. The number of benzene rings is 1. The summed E-state index contributed by atoms with van der Waals surface area (Å²) in [4.78, 5) is 0. The highest BCUT2D eigenvalue weighted by atomic mass is 32.2. The molecule has 4 rings (SSSR count). The van der Waals surface area contributed by atoms with Crippen molar-refractivity contribution in [1.82, 2.24) is 0 Å². The van der Waals surface area contributed by atoms with E-state index in [1.165, 1.54) is 0 Å². The summed E-state index contributed by atoms with van der Waals surface area (Å²) in [6.45, 7) is 0. The molecule has 3 nitrogen and oxygen atoms in total. The van der Waals surface area contributed by atoms with Crippen molar-refractivity contribution in [3.63, 3.8) is 0 Å². The minimum absolute atomic E-state index is 0.140. The number of para-hydroxylation sites is 1. The van der Waals surface area contributed by atoms with Crippen molar-refractivity contribution in [3.05, 3.63) is 36.1 Å². The third-order valence-corrected chi connectivity index (χ3v) is 6.94. The summed E-state index contributed by atoms with van der Waals surface area (Å²) in [5, 5.41) is 12.4. The Kier molecular flexibility index (Phi) is 2.79. The van der Waals surface area contributed by atoms with Crippen LogP contribution in [0.3, 0.4) is 0 Å². The van der Waals surface area contributed by atoms with Crippen LogP contribution in [0.2, 0.25) is 0 Å². The van der Waals surface area contributed by atoms with E-state index in [1.807, 2.05) is 24.3 Å². The summed E-state index contributed by atoms with van der Waals surface area (Å²) in [6, 6.07) is 7.81. The van der Waals surface area contributed by atoms with E-state index in [9.17, 15) is 9.32 Å². The molecule has 20 heavy (non-hydrogen) atoms. The van der Waals surface area contributed by atoms with Gasteiger partial charge in [-0.05, 0) is 31.7 Å². The molecule has 3 heterocycles. The lowest BCUT2D eigenvalue weighted by molar-refractivity contribution is 0.00724. The molecule has 0 spiro atoms. The molecular weight excluding hydrogens is 272 g/mol. The van der Waals surface area contributed by atoms with Crippen LogP contribution in [0.4, 0.5) is 0 Å². The van der Waals surface area contributed by atoms with Gasteiger partial charge in [0.15, 0.2) is 0 Å². The van der Waals surface area contributed by atoms with Gasteiger partial charge in [0, 0.05) is 32.2 Å². The Morgan fingerprint density at radius 3 is 2.65 bits per heavy atom. The lowest BCUT2D eigenvalue weighted by atomic mass is 9.80. The first kappa shape index (κ1) is 12.6. The summed E-state index contributed by atoms with van der Waals surface area (Å²) < 4.78 is 17.9. The number of rotatable bonds is 1. The predicted octanol–water partition coefficient (Wildman–Crippen LogP) is 3.08. The van der Waals surface area contributed by atoms with E-state index in [1.54, 1.807) is 6.26 Å². The predicted molar refractivity (Wildman–Crippen MR) is 78.9 cm³/mol. The van der Waals surface area contributed by atoms with Crippen molar-refractivity contribution >= 4 is 21.8 Å². The molecule has 4 heteroatoms. The average molecular weight is 290 g/mol. The third-order valence-electron chi connectivity index (χ3n) is 4.82. The lowest BCUT2D eigenvalue weighted by Gasteiger charge is -2.43. The Morgan fingerprint density at radius 1 is 1.20 bits per heavy atom. The molecule has 1 N–H and O–H groups in total. The van der Waals surface area contributed by atoms with Crippen LogP contribution >= 0.6 is 0 Å². The van der Waals surface area contributed by atoms with E-state index in [0.717, 1.165) is 35.8 Å². The van der Waals surface area contributed by atoms with Crippen LogP contribution < -0.4 is 0 Å². The van der Waals surface area contributed by atoms with E-state index in [2.05, 4.69) is 0 Å². The fraction of sp³-hybridized carbons (Fsp3) is 0.500. The highest BCUT2D eigenvalue weighted by Crippen LogP contribution is 2.46. The summed E-state index contributed by atoms with van der Waals surface area (Å²) >= 11 is 0. The molecule has 2 aliphatic heterocycles. The van der Waals surface area contributed by atoms with Crippen LogP contribution in [-0.2, 0) is 16.4 Å². The standard InChI is InChI=1S/C16H18O3S/c17-16(8-11-4-3-5-12(9-16)20(11)18)14-10-19-15-7-2-1-6-13(14)15/h1-2,6-7,10-12,17H,3-5,8-9H2. The van der Waals surface area contributed by atoms with Crippen LogP contribution in [0.25, 0.3) is 11.0 Å². The van der Waals surface area contributed by atoms with E-state index in [4.69, 9.17) is 4.42 Å². The molecule has 0 aliphatic carbocycles. The van der Waals surface area contributed by atoms with Crippen molar-refractivity contribution in [2.45, 2.75) is 48.2 Å². The summed E-state index contributed by atoms with van der Waals surface area (Å²) in [6.07, 6.45) is 5.97. The topological polar surface area (TPSA) is 50.4 Å². The Labute approximate surface area is 120 Å². The van der Waals surface area contributed by atoms with E-state index >= 15 is 0 Å². The fourth-order valence-electron chi connectivity index (χ4n) is 3.84. The normalized spacial score (nSPS) is 37.1. The lowest BCUT2D eigenvalue weighted by Crippen LogP contribution is -2.47. The van der Waals surface area contributed by atoms with E-state index in [0.29, 0.717) is 12.8 Å². The van der Waals surface area contributed by atoms with Crippen molar-refractivity contribution < 1.29 is 13.7 Å². The van der Waals surface area contributed by atoms with Gasteiger partial charge >= 0.3 is 0 Å². The largest absolute Gasteiger partial charge is 0.464 e. The van der Waals surface area contributed by atoms with Crippen molar-refractivity contribution in [1.29, 1.82) is 0 Å². The van der Waals surface area contributed by atoms with Gasteiger partial charge in [0.1, 0.15) is 5.58 Å². The van der Waals surface area contributed by atoms with Gasteiger partial charge in [0.2, 0.25) is 0 Å². The molecule has 2 aromatic rings. The number of hydrogen-bond donors (Lipinski definition) is 1. The Morgan fingerprint density at radius 2 is 1.90 bits per heavy atom. The third kappa shape index (κ3) is 1.78. The molecule has 1 aromatic carbocycles. The maximum Gasteiger partial charge on any atom is 0.134 e. The van der Waals surface area contributed by atoms with E-state index in [-0.39, 0.29) is 10.5 Å². The number of hydrogen-bond acceptors (Lipinski definition) is 3. The first-order valence-corrected chi connectivity index (χ1v) is 8.53. The quantitative estimate of drug-likeness (QED) is 0.878. The van der Waals surface area contributed by atoms with Crippen LogP contribution in [0, 0.1) is 0 Å². The average Bonchev–Trinajstić information content (AvgIpc) is 2.85. The molecule has 2 fully saturated rings. The second-order valence-electron chi connectivity index (χ2n) is 6.09. The Hall–Kier alpha value is -1.13. The summed E-state index contributed by atoms with van der Waals surface area (Å²) in [5.41, 5.74) is 0.811. The van der Waals surface area contributed by atoms with Crippen molar-refractivity contribution in [2.75, 3.05) is 0 Å². The number of aliphatic hydroxyl groups is 1. The van der Waals surface area contributed by atoms with Gasteiger partial charge in [-0.2, -0.15) is 0 Å². The maximum absolute atomic E-state index is 12.3. The van der Waals surface area contributed by atoms with Gasteiger partial charge in [0.25, 0.3) is 0 Å². The zero-order valence-corrected chi connectivity index (χ0v) is 12.1. The summed E-state index contributed by atoms with van der Waals surface area (Å²) in [5.74, 6) is 0. The maximum atomic E-state index is 12.3. The molecule has 0 radical (unpaired) electrons. The molecule has 0 saturated carbocycles. The zero-order valence-electron chi connectivity index (χ0n) is 11.2. The van der Waals surface area contributed by atoms with Gasteiger partial charge < -0.3 is 9.52 Å². The monoisotopic (exact) mass is 290 g/mol. The SMILES string of the molecule is O=S1C2CCCC1CC(O)(c1coc3ccccc13)C2. The van der Waals surface area contributed by atoms with Crippen molar-refractivity contribution in [3.8, 4) is 0 Å². The highest BCUT2D eigenvalue weighted by molar-refractivity contribution is 7.86. The van der Waals surface area contributed by atoms with Gasteiger partial charge in [-0.15, -0.1) is 0 Å². The Balaban J connectivity index is 1.79. The molecule has 0 amide bonds. The molecule has 2 unspecified atom stereocenters. The second kappa shape index (κ2) is 4.43. The molecule has 2 bridgehead atoms. The molecule has 1 aromatic heterocycles. The minimum Gasteiger partial charge on any atom is -0.464 e. The molecule has 2 atom stereocenters. The summed E-state index contributed by atoms with van der Waals surface area (Å²) in [7, 11) is -0.769. The van der Waals surface area contributed by atoms with E-state index < -0.39 is 16.4 Å². The van der Waals surface area contributed by atoms with Crippen LogP contribution in [0.1, 0.15) is 37.7 Å². The van der Waals surface area contributed by atoms with Gasteiger partial charge in [0.05, 0.1) is 11.9 Å². The fourth-order valence-corrected chi connectivity index (χ4v) is 6.06. The smallest absolute Gasteiger partial charge is 0.134 e.